The molecule has 24 nitrogen and oxygen atoms in total. The Bertz CT molecular complexity index is 1360. The smallest absolute Gasteiger partial charge is 0.321 e. The van der Waals surface area contributed by atoms with Crippen LogP contribution in [-0.2, 0) is 28.8 Å². The molecule has 276 valence electrons. The van der Waals surface area contributed by atoms with Crippen molar-refractivity contribution in [3.05, 3.63) is 31.3 Å². The molecule has 3 aliphatic heterocycles. The number of hydrogen-bond acceptors (Lipinski definition) is 12. The molecular weight excluding hydrogens is 666 g/mol. The van der Waals surface area contributed by atoms with E-state index in [0.717, 1.165) is 6.42 Å². The van der Waals surface area contributed by atoms with Gasteiger partial charge in [0, 0.05) is 67.0 Å². The highest BCUT2D eigenvalue weighted by molar-refractivity contribution is 5.85. The van der Waals surface area contributed by atoms with Crippen molar-refractivity contribution in [1.29, 1.82) is 0 Å². The number of aliphatic carboxylic acids is 3. The van der Waals surface area contributed by atoms with Gasteiger partial charge >= 0.3 is 17.9 Å². The maximum atomic E-state index is 11.7. The van der Waals surface area contributed by atoms with E-state index in [4.69, 9.17) is 49.1 Å². The van der Waals surface area contributed by atoms with Gasteiger partial charge in [0.2, 0.25) is 17.7 Å². The van der Waals surface area contributed by atoms with E-state index in [2.05, 4.69) is 30.1 Å². The first-order valence-corrected chi connectivity index (χ1v) is 15.5. The van der Waals surface area contributed by atoms with Gasteiger partial charge in [-0.2, -0.15) is 0 Å². The molecule has 0 radical (unpaired) electrons. The Kier molecular flexibility index (Phi) is 19.0. The SMILES string of the molecule is [N-]=[N+]=NC1CCN(C(=O)CC[C@H](N)C(=O)O)C1.[N-]=[N+]=NC1CCN(C(=O)C[C@H](N)C(=O)O)C1.[N-]=[N+]=NCC1CCN(C(=O)C[C@H](N)C(=O)O)C1. The summed E-state index contributed by atoms with van der Waals surface area (Å²) in [6.45, 7) is 3.21. The summed E-state index contributed by atoms with van der Waals surface area (Å²) in [7, 11) is 0. The molecule has 0 aliphatic carbocycles. The largest absolute Gasteiger partial charge is 0.480 e. The molecule has 0 spiro atoms. The quantitative estimate of drug-likeness (QED) is 0.0771. The van der Waals surface area contributed by atoms with Crippen molar-refractivity contribution in [2.24, 2.45) is 38.5 Å². The Labute approximate surface area is 285 Å². The van der Waals surface area contributed by atoms with Crippen LogP contribution in [0.5, 0.6) is 0 Å². The first kappa shape index (κ1) is 42.7. The standard InChI is InChI=1S/2C9H15N5O3.C8H13N5O3/c10-7(9(16)17)3-8(15)14-2-1-6(5-14)4-12-13-11;10-7(9(16)17)1-2-8(15)14-4-3-6(5-14)12-13-11;9-6(8(15)16)3-7(14)13-2-1-5(4-13)11-12-10/h2*6-7H,1-5,10H2,(H,16,17);5-6H,1-4,9H2,(H,15,16)/t2*6?,7-;5?,6-/m000/s1. The van der Waals surface area contributed by atoms with Gasteiger partial charge in [-0.05, 0) is 48.2 Å². The molecule has 0 bridgehead atoms. The van der Waals surface area contributed by atoms with Crippen LogP contribution in [0.1, 0.15) is 44.9 Å². The lowest BCUT2D eigenvalue weighted by Gasteiger charge is -2.17. The summed E-state index contributed by atoms with van der Waals surface area (Å²) in [5.41, 5.74) is 40.5. The molecule has 3 unspecified atom stereocenters. The van der Waals surface area contributed by atoms with Crippen LogP contribution in [-0.4, -0.2) is 142 Å². The predicted octanol–water partition coefficient (Wildman–Crippen LogP) is -0.263. The third-order valence-corrected chi connectivity index (χ3v) is 7.91. The molecule has 3 saturated heterocycles. The van der Waals surface area contributed by atoms with E-state index in [-0.39, 0.29) is 61.4 Å². The number of carbonyl (C=O) groups excluding carboxylic acids is 3. The molecule has 6 atom stereocenters. The van der Waals surface area contributed by atoms with Crippen molar-refractivity contribution in [2.45, 2.75) is 75.2 Å². The highest BCUT2D eigenvalue weighted by atomic mass is 16.4. The average Bonchev–Trinajstić information content (AvgIpc) is 3.85. The van der Waals surface area contributed by atoms with Crippen molar-refractivity contribution in [3.63, 3.8) is 0 Å². The van der Waals surface area contributed by atoms with Crippen LogP contribution in [0.4, 0.5) is 0 Å². The van der Waals surface area contributed by atoms with Crippen LogP contribution in [0.2, 0.25) is 0 Å². The van der Waals surface area contributed by atoms with E-state index in [1.165, 1.54) is 4.90 Å². The fourth-order valence-electron chi connectivity index (χ4n) is 5.00. The summed E-state index contributed by atoms with van der Waals surface area (Å²) >= 11 is 0. The summed E-state index contributed by atoms with van der Waals surface area (Å²) in [6.07, 6.45) is 1.85. The highest BCUT2D eigenvalue weighted by Crippen LogP contribution is 2.18. The third kappa shape index (κ3) is 15.7. The Morgan fingerprint density at radius 3 is 1.48 bits per heavy atom. The zero-order chi connectivity index (χ0) is 37.8. The summed E-state index contributed by atoms with van der Waals surface area (Å²) < 4.78 is 0. The minimum Gasteiger partial charge on any atom is -0.480 e. The molecule has 3 aliphatic rings. The van der Waals surface area contributed by atoms with Crippen molar-refractivity contribution < 1.29 is 44.1 Å². The maximum Gasteiger partial charge on any atom is 0.321 e. The van der Waals surface area contributed by atoms with Gasteiger partial charge in [-0.3, -0.25) is 28.8 Å². The zero-order valence-electron chi connectivity index (χ0n) is 27.3. The lowest BCUT2D eigenvalue weighted by Crippen LogP contribution is -2.38. The Morgan fingerprint density at radius 1 is 0.640 bits per heavy atom. The fourth-order valence-corrected chi connectivity index (χ4v) is 5.00. The lowest BCUT2D eigenvalue weighted by molar-refractivity contribution is -0.142. The third-order valence-electron chi connectivity index (χ3n) is 7.91. The van der Waals surface area contributed by atoms with Crippen LogP contribution >= 0.6 is 0 Å². The number of likely N-dealkylation sites (tertiary alicyclic amines) is 3. The van der Waals surface area contributed by atoms with Gasteiger partial charge < -0.3 is 47.2 Å². The molecule has 3 fully saturated rings. The number of carbonyl (C=O) groups is 6. The second-order valence-corrected chi connectivity index (χ2v) is 11.7. The molecular formula is C26H43N15O9. The van der Waals surface area contributed by atoms with Gasteiger partial charge in [-0.15, -0.1) is 0 Å². The van der Waals surface area contributed by atoms with Crippen molar-refractivity contribution in [1.82, 2.24) is 14.7 Å². The van der Waals surface area contributed by atoms with E-state index in [9.17, 15) is 28.8 Å². The minimum absolute atomic E-state index is 0.108. The molecule has 3 rings (SSSR count). The summed E-state index contributed by atoms with van der Waals surface area (Å²) in [4.78, 5) is 79.0. The normalized spacial score (nSPS) is 20.9. The molecule has 0 saturated carbocycles. The van der Waals surface area contributed by atoms with Crippen LogP contribution in [0.25, 0.3) is 31.3 Å². The molecule has 0 aromatic carbocycles. The van der Waals surface area contributed by atoms with Crippen molar-refractivity contribution in [2.75, 3.05) is 45.8 Å². The maximum absolute atomic E-state index is 11.7. The summed E-state index contributed by atoms with van der Waals surface area (Å²) in [5.74, 6) is -4.03. The topological polar surface area (TPSA) is 397 Å². The second-order valence-electron chi connectivity index (χ2n) is 11.7. The molecule has 0 aromatic heterocycles. The molecule has 9 N–H and O–H groups in total. The number of carboxylic acids is 3. The molecule has 50 heavy (non-hydrogen) atoms. The Morgan fingerprint density at radius 2 is 1.06 bits per heavy atom. The number of rotatable bonds is 14. The van der Waals surface area contributed by atoms with E-state index in [1.54, 1.807) is 9.80 Å². The predicted molar refractivity (Wildman–Crippen MR) is 172 cm³/mol. The van der Waals surface area contributed by atoms with E-state index < -0.39 is 36.0 Å². The van der Waals surface area contributed by atoms with Gasteiger partial charge in [0.25, 0.3) is 0 Å². The molecule has 3 amide bonds. The number of hydrogen-bond donors (Lipinski definition) is 6. The monoisotopic (exact) mass is 709 g/mol. The molecule has 24 heteroatoms. The number of azide groups is 3. The van der Waals surface area contributed by atoms with Crippen LogP contribution in [0.3, 0.4) is 0 Å². The first-order chi connectivity index (χ1) is 23.6. The Balaban J connectivity index is 0.000000375. The molecule has 3 heterocycles. The lowest BCUT2D eigenvalue weighted by atomic mass is 10.1. The van der Waals surface area contributed by atoms with E-state index in [0.29, 0.717) is 58.7 Å². The van der Waals surface area contributed by atoms with Crippen LogP contribution in [0, 0.1) is 5.92 Å². The number of nitrogens with zero attached hydrogens (tertiary/aromatic N) is 12. The Hall–Kier alpha value is -5.37. The van der Waals surface area contributed by atoms with E-state index >= 15 is 0 Å². The van der Waals surface area contributed by atoms with Gasteiger partial charge in [0.15, 0.2) is 0 Å². The van der Waals surface area contributed by atoms with E-state index in [1.807, 2.05) is 0 Å². The second kappa shape index (κ2) is 22.3. The van der Waals surface area contributed by atoms with Crippen molar-refractivity contribution in [3.8, 4) is 0 Å². The van der Waals surface area contributed by atoms with Crippen molar-refractivity contribution >= 4 is 35.6 Å². The van der Waals surface area contributed by atoms with Gasteiger partial charge in [-0.25, -0.2) is 0 Å². The fraction of sp³-hybridized carbons (Fsp3) is 0.769. The van der Waals surface area contributed by atoms with Gasteiger partial charge in [0.1, 0.15) is 18.1 Å². The average molecular weight is 710 g/mol. The number of amides is 3. The zero-order valence-corrected chi connectivity index (χ0v) is 27.3. The number of nitrogens with two attached hydrogens (primary N) is 3. The summed E-state index contributed by atoms with van der Waals surface area (Å²) in [5, 5.41) is 36.2. The minimum atomic E-state index is -1.20. The highest BCUT2D eigenvalue weighted by Gasteiger charge is 2.29. The first-order valence-electron chi connectivity index (χ1n) is 15.5. The van der Waals surface area contributed by atoms with Crippen LogP contribution < -0.4 is 17.2 Å². The van der Waals surface area contributed by atoms with Gasteiger partial charge in [0.05, 0.1) is 24.9 Å². The molecule has 0 aromatic rings. The number of carboxylic acid groups (broad SMARTS) is 3. The van der Waals surface area contributed by atoms with Crippen LogP contribution in [0.15, 0.2) is 15.3 Å². The van der Waals surface area contributed by atoms with Gasteiger partial charge in [-0.1, -0.05) is 15.3 Å². The summed E-state index contributed by atoms with van der Waals surface area (Å²) in [6, 6.07) is -3.72.